The molecule has 1 heteroatoms. The highest BCUT2D eigenvalue weighted by molar-refractivity contribution is 5.88. The van der Waals surface area contributed by atoms with Gasteiger partial charge in [-0.2, -0.15) is 0 Å². The van der Waals surface area contributed by atoms with Gasteiger partial charge in [-0.15, -0.1) is 0 Å². The Kier molecular flexibility index (Phi) is 1.39. The first kappa shape index (κ1) is 7.33. The SMILES string of the molecule is CC1(C)CCCC2CC(=O)C21. The predicted octanol–water partition coefficient (Wildman–Crippen LogP) is 2.40. The Hall–Kier alpha value is -0.330. The summed E-state index contributed by atoms with van der Waals surface area (Å²) in [6, 6.07) is 0. The van der Waals surface area contributed by atoms with Gasteiger partial charge >= 0.3 is 0 Å². The van der Waals surface area contributed by atoms with Gasteiger partial charge in [-0.05, 0) is 24.2 Å². The van der Waals surface area contributed by atoms with Gasteiger partial charge in [0.15, 0.2) is 0 Å². The summed E-state index contributed by atoms with van der Waals surface area (Å²) in [4.78, 5) is 11.3. The normalized spacial score (nSPS) is 41.1. The van der Waals surface area contributed by atoms with Crippen LogP contribution in [0, 0.1) is 17.3 Å². The second-order valence-electron chi connectivity index (χ2n) is 4.79. The van der Waals surface area contributed by atoms with Gasteiger partial charge in [-0.3, -0.25) is 4.79 Å². The second-order valence-corrected chi connectivity index (χ2v) is 4.79. The van der Waals surface area contributed by atoms with Crippen LogP contribution in [0.25, 0.3) is 0 Å². The Labute approximate surface area is 68.2 Å². The number of carbonyl (C=O) groups excluding carboxylic acids is 1. The van der Waals surface area contributed by atoms with Crippen molar-refractivity contribution >= 4 is 5.78 Å². The zero-order valence-corrected chi connectivity index (χ0v) is 7.39. The van der Waals surface area contributed by atoms with Crippen molar-refractivity contribution in [3.63, 3.8) is 0 Å². The molecule has 2 rings (SSSR count). The smallest absolute Gasteiger partial charge is 0.137 e. The molecule has 0 heterocycles. The van der Waals surface area contributed by atoms with E-state index in [4.69, 9.17) is 0 Å². The Morgan fingerprint density at radius 1 is 1.45 bits per heavy atom. The van der Waals surface area contributed by atoms with Crippen molar-refractivity contribution in [3.05, 3.63) is 0 Å². The van der Waals surface area contributed by atoms with Gasteiger partial charge in [-0.25, -0.2) is 0 Å². The molecule has 2 aliphatic rings. The van der Waals surface area contributed by atoms with E-state index in [0.717, 1.165) is 12.3 Å². The van der Waals surface area contributed by atoms with Crippen LogP contribution in [0.2, 0.25) is 0 Å². The molecule has 0 radical (unpaired) electrons. The molecule has 11 heavy (non-hydrogen) atoms. The largest absolute Gasteiger partial charge is 0.299 e. The molecule has 0 aromatic rings. The molecule has 2 atom stereocenters. The van der Waals surface area contributed by atoms with Crippen LogP contribution in [0.1, 0.15) is 39.5 Å². The van der Waals surface area contributed by atoms with Crippen LogP contribution >= 0.6 is 0 Å². The van der Waals surface area contributed by atoms with Crippen LogP contribution in [0.5, 0.6) is 0 Å². The molecule has 2 unspecified atom stereocenters. The van der Waals surface area contributed by atoms with E-state index in [2.05, 4.69) is 13.8 Å². The lowest BCUT2D eigenvalue weighted by Gasteiger charge is -2.49. The molecule has 1 nitrogen and oxygen atoms in total. The van der Waals surface area contributed by atoms with Crippen molar-refractivity contribution in [2.75, 3.05) is 0 Å². The third-order valence-corrected chi connectivity index (χ3v) is 3.52. The molecule has 0 aromatic carbocycles. The van der Waals surface area contributed by atoms with E-state index in [0.29, 0.717) is 17.1 Å². The first-order chi connectivity index (χ1) is 5.11. The first-order valence-corrected chi connectivity index (χ1v) is 4.64. The zero-order valence-electron chi connectivity index (χ0n) is 7.39. The van der Waals surface area contributed by atoms with Gasteiger partial charge in [0.05, 0.1) is 0 Å². The van der Waals surface area contributed by atoms with Crippen LogP contribution in [-0.4, -0.2) is 5.78 Å². The number of hydrogen-bond acceptors (Lipinski definition) is 1. The van der Waals surface area contributed by atoms with Crippen LogP contribution in [-0.2, 0) is 4.79 Å². The van der Waals surface area contributed by atoms with Crippen LogP contribution < -0.4 is 0 Å². The fourth-order valence-electron chi connectivity index (χ4n) is 2.92. The summed E-state index contributed by atoms with van der Waals surface area (Å²) in [5, 5.41) is 0. The van der Waals surface area contributed by atoms with Crippen LogP contribution in [0.3, 0.4) is 0 Å². The summed E-state index contributed by atoms with van der Waals surface area (Å²) >= 11 is 0. The van der Waals surface area contributed by atoms with Gasteiger partial charge in [0.25, 0.3) is 0 Å². The summed E-state index contributed by atoms with van der Waals surface area (Å²) in [6.07, 6.45) is 4.77. The number of ketones is 1. The lowest BCUT2D eigenvalue weighted by Crippen LogP contribution is -2.49. The topological polar surface area (TPSA) is 17.1 Å². The van der Waals surface area contributed by atoms with E-state index in [9.17, 15) is 4.79 Å². The lowest BCUT2D eigenvalue weighted by molar-refractivity contribution is -0.144. The first-order valence-electron chi connectivity index (χ1n) is 4.64. The van der Waals surface area contributed by atoms with E-state index >= 15 is 0 Å². The van der Waals surface area contributed by atoms with Crippen LogP contribution in [0.4, 0.5) is 0 Å². The Morgan fingerprint density at radius 3 is 2.64 bits per heavy atom. The fraction of sp³-hybridized carbons (Fsp3) is 0.900. The molecular weight excluding hydrogens is 136 g/mol. The highest BCUT2D eigenvalue weighted by atomic mass is 16.1. The molecule has 2 fully saturated rings. The van der Waals surface area contributed by atoms with Gasteiger partial charge in [-0.1, -0.05) is 20.3 Å². The number of Topliss-reactive ketones (excluding diaryl/α,β-unsaturated/α-hetero) is 1. The van der Waals surface area contributed by atoms with Gasteiger partial charge in [0.1, 0.15) is 5.78 Å². The molecule has 2 aliphatic carbocycles. The highest BCUT2D eigenvalue weighted by Crippen LogP contribution is 2.52. The molecular formula is C10H16O. The van der Waals surface area contributed by atoms with Crippen molar-refractivity contribution in [2.24, 2.45) is 17.3 Å². The minimum absolute atomic E-state index is 0.318. The molecule has 0 amide bonds. The Morgan fingerprint density at radius 2 is 2.18 bits per heavy atom. The average Bonchev–Trinajstić information content (AvgIpc) is 1.82. The van der Waals surface area contributed by atoms with Crippen molar-refractivity contribution in [1.82, 2.24) is 0 Å². The molecule has 0 aliphatic heterocycles. The molecule has 0 spiro atoms. The number of rotatable bonds is 0. The maximum absolute atomic E-state index is 11.3. The summed E-state index contributed by atoms with van der Waals surface area (Å²) in [5.41, 5.74) is 0.318. The van der Waals surface area contributed by atoms with E-state index in [1.807, 2.05) is 0 Å². The van der Waals surface area contributed by atoms with E-state index in [1.54, 1.807) is 0 Å². The van der Waals surface area contributed by atoms with Gasteiger partial charge in [0, 0.05) is 12.3 Å². The van der Waals surface area contributed by atoms with E-state index in [1.165, 1.54) is 19.3 Å². The molecule has 2 saturated carbocycles. The third-order valence-electron chi connectivity index (χ3n) is 3.52. The zero-order chi connectivity index (χ0) is 8.06. The van der Waals surface area contributed by atoms with Gasteiger partial charge < -0.3 is 0 Å². The predicted molar refractivity (Wildman–Crippen MR) is 44.2 cm³/mol. The number of hydrogen-bond donors (Lipinski definition) is 0. The maximum Gasteiger partial charge on any atom is 0.137 e. The van der Waals surface area contributed by atoms with Crippen LogP contribution in [0.15, 0.2) is 0 Å². The average molecular weight is 152 g/mol. The van der Waals surface area contributed by atoms with E-state index < -0.39 is 0 Å². The molecule has 0 saturated heterocycles. The van der Waals surface area contributed by atoms with Crippen molar-refractivity contribution in [3.8, 4) is 0 Å². The van der Waals surface area contributed by atoms with Crippen molar-refractivity contribution < 1.29 is 4.79 Å². The summed E-state index contributed by atoms with van der Waals surface area (Å²) < 4.78 is 0. The van der Waals surface area contributed by atoms with E-state index in [-0.39, 0.29) is 0 Å². The highest BCUT2D eigenvalue weighted by Gasteiger charge is 2.50. The summed E-state index contributed by atoms with van der Waals surface area (Å²) in [5.74, 6) is 1.71. The van der Waals surface area contributed by atoms with Crippen molar-refractivity contribution in [1.29, 1.82) is 0 Å². The Balaban J connectivity index is 2.17. The second kappa shape index (κ2) is 2.09. The maximum atomic E-state index is 11.3. The third kappa shape index (κ3) is 0.935. The number of fused-ring (bicyclic) bond motifs is 1. The van der Waals surface area contributed by atoms with Gasteiger partial charge in [0.2, 0.25) is 0 Å². The molecule has 0 bridgehead atoms. The lowest BCUT2D eigenvalue weighted by atomic mass is 9.54. The minimum atomic E-state index is 0.318. The minimum Gasteiger partial charge on any atom is -0.299 e. The molecule has 0 N–H and O–H groups in total. The van der Waals surface area contributed by atoms with Crippen molar-refractivity contribution in [2.45, 2.75) is 39.5 Å². The summed E-state index contributed by atoms with van der Waals surface area (Å²) in [6.45, 7) is 4.50. The monoisotopic (exact) mass is 152 g/mol. The summed E-state index contributed by atoms with van der Waals surface area (Å²) in [7, 11) is 0. The molecule has 62 valence electrons. The number of carbonyl (C=O) groups is 1. The Bertz CT molecular complexity index is 193. The standard InChI is InChI=1S/C10H16O/c1-10(2)5-3-4-7-6-8(11)9(7)10/h7,9H,3-6H2,1-2H3. The fourth-order valence-corrected chi connectivity index (χ4v) is 2.92. The molecule has 0 aromatic heterocycles. The quantitative estimate of drug-likeness (QED) is 0.521.